The van der Waals surface area contributed by atoms with E-state index in [1.807, 2.05) is 26.2 Å². The van der Waals surface area contributed by atoms with Crippen LogP contribution in [-0.2, 0) is 16.6 Å². The molecule has 1 aliphatic heterocycles. The fourth-order valence-corrected chi connectivity index (χ4v) is 5.80. The molecule has 1 aliphatic rings. The third-order valence-corrected chi connectivity index (χ3v) is 7.42. The second kappa shape index (κ2) is 8.34. The molecule has 6 nitrogen and oxygen atoms in total. The van der Waals surface area contributed by atoms with Gasteiger partial charge in [0.2, 0.25) is 10.0 Å². The number of hydrogen-bond donors (Lipinski definition) is 0. The van der Waals surface area contributed by atoms with E-state index in [1.165, 1.54) is 17.7 Å². The van der Waals surface area contributed by atoms with Crippen LogP contribution < -0.4 is 5.63 Å². The van der Waals surface area contributed by atoms with Crippen LogP contribution in [0.15, 0.2) is 68.7 Å². The van der Waals surface area contributed by atoms with Gasteiger partial charge < -0.3 is 9.32 Å². The Labute approximate surface area is 176 Å². The molecular weight excluding hydrogens is 400 g/mol. The number of piperidine rings is 1. The van der Waals surface area contributed by atoms with Gasteiger partial charge in [0.15, 0.2) is 0 Å². The summed E-state index contributed by atoms with van der Waals surface area (Å²) < 4.78 is 33.8. The van der Waals surface area contributed by atoms with Crippen molar-refractivity contribution in [3.63, 3.8) is 0 Å². The van der Waals surface area contributed by atoms with Crippen LogP contribution in [0, 0.1) is 0 Å². The molecule has 2 heterocycles. The first-order valence-corrected chi connectivity index (χ1v) is 11.6. The van der Waals surface area contributed by atoms with Crippen LogP contribution in [0.1, 0.15) is 36.4 Å². The standard InChI is InChI=1S/C23H26N2O4S/c1-24(2)16-17-6-8-18(9-7-17)21-5-3-4-14-25(21)30(27,28)20-11-12-22-19(15-20)10-13-23(26)29-22/h6-13,15,21H,3-5,14,16H2,1-2H3. The van der Waals surface area contributed by atoms with Gasteiger partial charge in [-0.15, -0.1) is 0 Å². The lowest BCUT2D eigenvalue weighted by Gasteiger charge is -2.35. The molecule has 0 aliphatic carbocycles. The molecule has 3 aromatic rings. The van der Waals surface area contributed by atoms with Crippen molar-refractivity contribution in [1.82, 2.24) is 9.21 Å². The van der Waals surface area contributed by atoms with Crippen LogP contribution in [-0.4, -0.2) is 38.3 Å². The lowest BCUT2D eigenvalue weighted by molar-refractivity contribution is 0.256. The molecule has 0 bridgehead atoms. The number of fused-ring (bicyclic) bond motifs is 1. The zero-order valence-electron chi connectivity index (χ0n) is 17.2. The van der Waals surface area contributed by atoms with Crippen LogP contribution in [0.25, 0.3) is 11.0 Å². The zero-order chi connectivity index (χ0) is 21.3. The summed E-state index contributed by atoms with van der Waals surface area (Å²) in [6.07, 6.45) is 2.64. The topological polar surface area (TPSA) is 70.8 Å². The lowest BCUT2D eigenvalue weighted by Crippen LogP contribution is -2.38. The van der Waals surface area contributed by atoms with E-state index in [0.717, 1.165) is 31.4 Å². The van der Waals surface area contributed by atoms with Crippen molar-refractivity contribution < 1.29 is 12.8 Å². The molecule has 0 amide bonds. The van der Waals surface area contributed by atoms with Gasteiger partial charge in [0.1, 0.15) is 5.58 Å². The molecule has 0 spiro atoms. The quantitative estimate of drug-likeness (QED) is 0.581. The van der Waals surface area contributed by atoms with Gasteiger partial charge in [-0.2, -0.15) is 4.31 Å². The van der Waals surface area contributed by atoms with Crippen molar-refractivity contribution in [2.75, 3.05) is 20.6 Å². The molecule has 1 aromatic heterocycles. The van der Waals surface area contributed by atoms with Crippen molar-refractivity contribution in [1.29, 1.82) is 0 Å². The minimum atomic E-state index is -3.68. The summed E-state index contributed by atoms with van der Waals surface area (Å²) >= 11 is 0. The second-order valence-electron chi connectivity index (χ2n) is 8.06. The summed E-state index contributed by atoms with van der Waals surface area (Å²) in [4.78, 5) is 13.7. The molecule has 158 valence electrons. The third-order valence-electron chi connectivity index (χ3n) is 5.51. The highest BCUT2D eigenvalue weighted by Crippen LogP contribution is 2.36. The van der Waals surface area contributed by atoms with Crippen molar-refractivity contribution in [2.24, 2.45) is 0 Å². The zero-order valence-corrected chi connectivity index (χ0v) is 18.1. The summed E-state index contributed by atoms with van der Waals surface area (Å²) in [6.45, 7) is 1.34. The number of nitrogens with zero attached hydrogens (tertiary/aromatic N) is 2. The normalized spacial score (nSPS) is 18.2. The first kappa shape index (κ1) is 20.8. The molecule has 1 fully saturated rings. The van der Waals surface area contributed by atoms with Crippen LogP contribution in [0.5, 0.6) is 0 Å². The fraction of sp³-hybridized carbons (Fsp3) is 0.348. The summed E-state index contributed by atoms with van der Waals surface area (Å²) in [6, 6.07) is 15.6. The first-order valence-electron chi connectivity index (χ1n) is 10.1. The SMILES string of the molecule is CN(C)Cc1ccc(C2CCCCN2S(=O)(=O)c2ccc3oc(=O)ccc3c2)cc1. The Hall–Kier alpha value is -2.48. The molecule has 0 N–H and O–H groups in total. The lowest BCUT2D eigenvalue weighted by atomic mass is 9.96. The molecule has 7 heteroatoms. The molecule has 1 saturated heterocycles. The summed E-state index contributed by atoms with van der Waals surface area (Å²) in [5.41, 5.74) is 2.15. The average Bonchev–Trinajstić information content (AvgIpc) is 2.73. The van der Waals surface area contributed by atoms with Crippen molar-refractivity contribution in [3.8, 4) is 0 Å². The largest absolute Gasteiger partial charge is 0.423 e. The van der Waals surface area contributed by atoms with E-state index in [4.69, 9.17) is 4.42 Å². The van der Waals surface area contributed by atoms with Gasteiger partial charge in [0.05, 0.1) is 10.9 Å². The Kier molecular flexibility index (Phi) is 5.77. The van der Waals surface area contributed by atoms with E-state index in [0.29, 0.717) is 17.5 Å². The van der Waals surface area contributed by atoms with E-state index in [1.54, 1.807) is 22.5 Å². The molecule has 0 saturated carbocycles. The Balaban J connectivity index is 1.67. The molecule has 2 aromatic carbocycles. The maximum absolute atomic E-state index is 13.5. The van der Waals surface area contributed by atoms with Crippen molar-refractivity contribution in [2.45, 2.75) is 36.7 Å². The van der Waals surface area contributed by atoms with E-state index < -0.39 is 15.6 Å². The van der Waals surface area contributed by atoms with Gasteiger partial charge in [0, 0.05) is 24.5 Å². The van der Waals surface area contributed by atoms with Crippen LogP contribution >= 0.6 is 0 Å². The predicted octanol–water partition coefficient (Wildman–Crippen LogP) is 3.77. The fourth-order valence-electron chi connectivity index (χ4n) is 4.08. The number of rotatable bonds is 5. The number of hydrogen-bond acceptors (Lipinski definition) is 5. The van der Waals surface area contributed by atoms with Crippen molar-refractivity contribution in [3.05, 3.63) is 76.1 Å². The number of sulfonamides is 1. The van der Waals surface area contributed by atoms with E-state index in [-0.39, 0.29) is 10.9 Å². The van der Waals surface area contributed by atoms with Gasteiger partial charge in [0.25, 0.3) is 0 Å². The highest BCUT2D eigenvalue weighted by Gasteiger charge is 2.34. The second-order valence-corrected chi connectivity index (χ2v) is 9.95. The molecule has 30 heavy (non-hydrogen) atoms. The van der Waals surface area contributed by atoms with Crippen LogP contribution in [0.2, 0.25) is 0 Å². The van der Waals surface area contributed by atoms with E-state index >= 15 is 0 Å². The van der Waals surface area contributed by atoms with Gasteiger partial charge >= 0.3 is 5.63 Å². The summed E-state index contributed by atoms with van der Waals surface area (Å²) in [5.74, 6) is 0. The number of benzene rings is 2. The van der Waals surface area contributed by atoms with Crippen molar-refractivity contribution >= 4 is 21.0 Å². The van der Waals surface area contributed by atoms with Crippen LogP contribution in [0.4, 0.5) is 0 Å². The smallest absolute Gasteiger partial charge is 0.336 e. The molecule has 1 atom stereocenters. The third kappa shape index (κ3) is 4.19. The minimum absolute atomic E-state index is 0.179. The Morgan fingerprint density at radius 1 is 1.03 bits per heavy atom. The predicted molar refractivity (Wildman–Crippen MR) is 117 cm³/mol. The van der Waals surface area contributed by atoms with Gasteiger partial charge in [-0.05, 0) is 62.3 Å². The Morgan fingerprint density at radius 2 is 1.80 bits per heavy atom. The van der Waals surface area contributed by atoms with Gasteiger partial charge in [-0.1, -0.05) is 30.7 Å². The van der Waals surface area contributed by atoms with Gasteiger partial charge in [-0.25, -0.2) is 13.2 Å². The maximum Gasteiger partial charge on any atom is 0.336 e. The minimum Gasteiger partial charge on any atom is -0.423 e. The molecule has 0 radical (unpaired) electrons. The monoisotopic (exact) mass is 426 g/mol. The molecular formula is C23H26N2O4S. The molecule has 4 rings (SSSR count). The summed E-state index contributed by atoms with van der Waals surface area (Å²) in [7, 11) is 0.367. The maximum atomic E-state index is 13.5. The highest BCUT2D eigenvalue weighted by atomic mass is 32.2. The van der Waals surface area contributed by atoms with E-state index in [9.17, 15) is 13.2 Å². The van der Waals surface area contributed by atoms with Crippen LogP contribution in [0.3, 0.4) is 0 Å². The summed E-state index contributed by atoms with van der Waals surface area (Å²) in [5, 5.41) is 0.595. The Morgan fingerprint density at radius 3 is 2.53 bits per heavy atom. The van der Waals surface area contributed by atoms with E-state index in [2.05, 4.69) is 17.0 Å². The molecule has 1 unspecified atom stereocenters. The average molecular weight is 427 g/mol. The van der Waals surface area contributed by atoms with Gasteiger partial charge in [-0.3, -0.25) is 0 Å². The first-order chi connectivity index (χ1) is 14.3. The highest BCUT2D eigenvalue weighted by molar-refractivity contribution is 7.89. The Bertz CT molecular complexity index is 1200.